The van der Waals surface area contributed by atoms with E-state index in [9.17, 15) is 19.2 Å². The monoisotopic (exact) mass is 514 g/mol. The average molecular weight is 515 g/mol. The van der Waals surface area contributed by atoms with Crippen LogP contribution in [0.3, 0.4) is 0 Å². The molecule has 2 saturated heterocycles. The molecule has 0 radical (unpaired) electrons. The van der Waals surface area contributed by atoms with Gasteiger partial charge in [0, 0.05) is 19.0 Å². The molecule has 0 aromatic heterocycles. The van der Waals surface area contributed by atoms with Gasteiger partial charge in [-0.2, -0.15) is 0 Å². The third kappa shape index (κ3) is 8.10. The van der Waals surface area contributed by atoms with Gasteiger partial charge in [0.25, 0.3) is 0 Å². The van der Waals surface area contributed by atoms with Gasteiger partial charge in [0.05, 0.1) is 19.2 Å². The molecule has 0 bridgehead atoms. The summed E-state index contributed by atoms with van der Waals surface area (Å²) in [6.45, 7) is 10.7. The van der Waals surface area contributed by atoms with E-state index >= 15 is 0 Å². The Morgan fingerprint density at radius 2 is 1.73 bits per heavy atom. The van der Waals surface area contributed by atoms with Crippen molar-refractivity contribution in [3.8, 4) is 0 Å². The number of carbonyl (C=O) groups is 4. The fourth-order valence-electron chi connectivity index (χ4n) is 4.65. The average Bonchev–Trinajstić information content (AvgIpc) is 3.40. The van der Waals surface area contributed by atoms with Crippen LogP contribution in [0.2, 0.25) is 0 Å². The van der Waals surface area contributed by atoms with E-state index in [4.69, 9.17) is 4.74 Å². The number of carbonyl (C=O) groups excluding carboxylic acids is 4. The predicted octanol–water partition coefficient (Wildman–Crippen LogP) is 1.59. The quantitative estimate of drug-likeness (QED) is 0.344. The van der Waals surface area contributed by atoms with Gasteiger partial charge in [-0.05, 0) is 37.7 Å². The van der Waals surface area contributed by atoms with Crippen LogP contribution in [0.5, 0.6) is 0 Å². The lowest BCUT2D eigenvalue weighted by molar-refractivity contribution is -0.139. The Morgan fingerprint density at radius 1 is 1.05 bits per heavy atom. The lowest BCUT2D eigenvalue weighted by atomic mass is 9.93. The van der Waals surface area contributed by atoms with Crippen molar-refractivity contribution < 1.29 is 23.9 Å². The molecule has 9 nitrogen and oxygen atoms in total. The maximum atomic E-state index is 13.5. The molecule has 9 heteroatoms. The normalized spacial score (nSPS) is 22.6. The highest BCUT2D eigenvalue weighted by atomic mass is 16.6. The number of ether oxygens (including phenoxy) is 1. The molecule has 0 saturated carbocycles. The molecule has 37 heavy (non-hydrogen) atoms. The molecule has 2 heterocycles. The largest absolute Gasteiger partial charge is 0.361 e. The third-order valence-corrected chi connectivity index (χ3v) is 6.89. The molecule has 3 N–H and O–H groups in total. The minimum absolute atomic E-state index is 0.129. The Morgan fingerprint density at radius 3 is 2.32 bits per heavy atom. The van der Waals surface area contributed by atoms with Gasteiger partial charge in [-0.15, -0.1) is 0 Å². The molecule has 204 valence electrons. The fraction of sp³-hybridized carbons (Fsp3) is 0.643. The van der Waals surface area contributed by atoms with Gasteiger partial charge in [0.15, 0.2) is 5.78 Å². The van der Waals surface area contributed by atoms with Crippen molar-refractivity contribution in [1.82, 2.24) is 20.9 Å². The van der Waals surface area contributed by atoms with Crippen LogP contribution in [-0.4, -0.2) is 77.9 Å². The van der Waals surface area contributed by atoms with Crippen molar-refractivity contribution in [2.45, 2.75) is 90.1 Å². The molecule has 2 fully saturated rings. The summed E-state index contributed by atoms with van der Waals surface area (Å²) < 4.78 is 5.35. The number of likely N-dealkylation sites (tertiary alicyclic amines) is 1. The van der Waals surface area contributed by atoms with Gasteiger partial charge in [0.1, 0.15) is 17.7 Å². The van der Waals surface area contributed by atoms with Crippen molar-refractivity contribution in [3.63, 3.8) is 0 Å². The highest BCUT2D eigenvalue weighted by Gasteiger charge is 2.50. The van der Waals surface area contributed by atoms with E-state index in [2.05, 4.69) is 16.0 Å². The second kappa shape index (κ2) is 12.6. The molecule has 1 aromatic carbocycles. The first-order chi connectivity index (χ1) is 17.5. The number of ketones is 1. The first-order valence-electron chi connectivity index (χ1n) is 13.4. The van der Waals surface area contributed by atoms with Gasteiger partial charge >= 0.3 is 0 Å². The van der Waals surface area contributed by atoms with E-state index in [0.29, 0.717) is 26.0 Å². The van der Waals surface area contributed by atoms with Crippen molar-refractivity contribution in [3.05, 3.63) is 35.9 Å². The number of nitrogens with zero attached hydrogens (tertiary/aromatic N) is 1. The standard InChI is InChI=1S/C28H42N4O5/c1-18(2)14-21(25(34)28(5)17-37-28)30-26(35)22(15-20-10-7-6-8-11-20)31-27(36)23-12-9-13-32(23)24(33)16-29-19(3)4/h6-8,10-11,18-19,21-23,29H,9,12-17H2,1-5H3,(H,30,35)(H,31,36)/t21-,22-,23-,28+/m0/s1. The molecule has 0 spiro atoms. The number of hydrogen-bond acceptors (Lipinski definition) is 6. The summed E-state index contributed by atoms with van der Waals surface area (Å²) in [4.78, 5) is 54.3. The number of Topliss-reactive ketones (excluding diaryl/α,β-unsaturated/α-hetero) is 1. The van der Waals surface area contributed by atoms with E-state index < -0.39 is 29.6 Å². The Hall–Kier alpha value is -2.78. The second-order valence-corrected chi connectivity index (χ2v) is 11.1. The lowest BCUT2D eigenvalue weighted by Crippen LogP contribution is -2.57. The van der Waals surface area contributed by atoms with Crippen molar-refractivity contribution in [1.29, 1.82) is 0 Å². The van der Waals surface area contributed by atoms with E-state index in [1.807, 2.05) is 58.0 Å². The molecule has 2 aliphatic heterocycles. The maximum absolute atomic E-state index is 13.5. The van der Waals surface area contributed by atoms with Crippen LogP contribution in [0.25, 0.3) is 0 Å². The number of rotatable bonds is 13. The Bertz CT molecular complexity index is 961. The molecule has 4 atom stereocenters. The number of hydrogen-bond donors (Lipinski definition) is 3. The molecular formula is C28H42N4O5. The Balaban J connectivity index is 1.74. The topological polar surface area (TPSA) is 120 Å². The Labute approximate surface area is 220 Å². The van der Waals surface area contributed by atoms with Crippen molar-refractivity contribution in [2.75, 3.05) is 19.7 Å². The summed E-state index contributed by atoms with van der Waals surface area (Å²) in [6.07, 6.45) is 2.02. The van der Waals surface area contributed by atoms with Gasteiger partial charge in [-0.3, -0.25) is 19.2 Å². The van der Waals surface area contributed by atoms with E-state index in [1.54, 1.807) is 11.8 Å². The zero-order valence-electron chi connectivity index (χ0n) is 22.7. The number of amides is 3. The smallest absolute Gasteiger partial charge is 0.243 e. The van der Waals surface area contributed by atoms with Gasteiger partial charge in [-0.1, -0.05) is 58.0 Å². The number of benzene rings is 1. The molecular weight excluding hydrogens is 472 g/mol. The van der Waals surface area contributed by atoms with Gasteiger partial charge in [0.2, 0.25) is 17.7 Å². The lowest BCUT2D eigenvalue weighted by Gasteiger charge is -2.28. The predicted molar refractivity (Wildman–Crippen MR) is 141 cm³/mol. The number of nitrogens with one attached hydrogen (secondary N) is 3. The molecule has 0 aliphatic carbocycles. The summed E-state index contributed by atoms with van der Waals surface area (Å²) in [5.41, 5.74) is 0.0207. The first kappa shape index (κ1) is 28.8. The van der Waals surface area contributed by atoms with Crippen molar-refractivity contribution in [2.24, 2.45) is 5.92 Å². The summed E-state index contributed by atoms with van der Waals surface area (Å²) in [7, 11) is 0. The van der Waals surface area contributed by atoms with Gasteiger partial charge < -0.3 is 25.6 Å². The van der Waals surface area contributed by atoms with E-state index in [0.717, 1.165) is 12.0 Å². The molecule has 0 unspecified atom stereocenters. The van der Waals surface area contributed by atoms with Gasteiger partial charge in [-0.25, -0.2) is 0 Å². The first-order valence-corrected chi connectivity index (χ1v) is 13.4. The van der Waals surface area contributed by atoms with E-state index in [1.165, 1.54) is 0 Å². The van der Waals surface area contributed by atoms with Crippen LogP contribution in [-0.2, 0) is 30.3 Å². The molecule has 3 amide bonds. The summed E-state index contributed by atoms with van der Waals surface area (Å²) in [6, 6.07) is 7.36. The Kier molecular flexibility index (Phi) is 9.84. The van der Waals surface area contributed by atoms with Crippen LogP contribution in [0.4, 0.5) is 0 Å². The van der Waals surface area contributed by atoms with Crippen LogP contribution < -0.4 is 16.0 Å². The van der Waals surface area contributed by atoms with Crippen molar-refractivity contribution >= 4 is 23.5 Å². The third-order valence-electron chi connectivity index (χ3n) is 6.89. The van der Waals surface area contributed by atoms with Crippen LogP contribution in [0.15, 0.2) is 30.3 Å². The summed E-state index contributed by atoms with van der Waals surface area (Å²) in [5.74, 6) is -0.870. The maximum Gasteiger partial charge on any atom is 0.243 e. The summed E-state index contributed by atoms with van der Waals surface area (Å²) in [5, 5.41) is 8.91. The minimum Gasteiger partial charge on any atom is -0.361 e. The zero-order chi connectivity index (χ0) is 27.2. The molecule has 1 aromatic rings. The molecule has 2 aliphatic rings. The van der Waals surface area contributed by atoms with Crippen LogP contribution in [0.1, 0.15) is 59.4 Å². The SMILES string of the molecule is CC(C)C[C@H](NC(=O)[C@H](Cc1ccccc1)NC(=O)[C@@H]1CCCN1C(=O)CNC(C)C)C(=O)[C@@]1(C)CO1. The highest BCUT2D eigenvalue weighted by molar-refractivity contribution is 5.98. The fourth-order valence-corrected chi connectivity index (χ4v) is 4.65. The molecule has 3 rings (SSSR count). The number of epoxide rings is 1. The summed E-state index contributed by atoms with van der Waals surface area (Å²) >= 11 is 0. The van der Waals surface area contributed by atoms with E-state index in [-0.39, 0.29) is 42.5 Å². The minimum atomic E-state index is -0.892. The zero-order valence-corrected chi connectivity index (χ0v) is 22.7. The van der Waals surface area contributed by atoms with Crippen LogP contribution >= 0.6 is 0 Å². The van der Waals surface area contributed by atoms with Crippen LogP contribution in [0, 0.1) is 5.92 Å². The highest BCUT2D eigenvalue weighted by Crippen LogP contribution is 2.29. The second-order valence-electron chi connectivity index (χ2n) is 11.1.